The van der Waals surface area contributed by atoms with Gasteiger partial charge in [0.2, 0.25) is 5.28 Å². The van der Waals surface area contributed by atoms with Crippen LogP contribution in [-0.4, -0.2) is 16.6 Å². The van der Waals surface area contributed by atoms with Gasteiger partial charge in [-0.3, -0.25) is 0 Å². The highest BCUT2D eigenvalue weighted by Crippen LogP contribution is 2.18. The smallest absolute Gasteiger partial charge is 0.222 e. The first-order valence-corrected chi connectivity index (χ1v) is 4.25. The molecule has 4 heteroatoms. The number of rotatable bonds is 0. The van der Waals surface area contributed by atoms with Gasteiger partial charge in [0, 0.05) is 5.69 Å². The quantitative estimate of drug-likeness (QED) is 0.574. The standard InChI is InChI=1S/C8H9ClN2O/c1-5-6-2-3-12-4-7(6)11-8(9)10-5/h2-4H2,1H3. The Bertz CT molecular complexity index is 314. The van der Waals surface area contributed by atoms with Crippen LogP contribution in [0.5, 0.6) is 0 Å². The first-order chi connectivity index (χ1) is 5.77. The monoisotopic (exact) mass is 184 g/mol. The molecule has 0 atom stereocenters. The lowest BCUT2D eigenvalue weighted by molar-refractivity contribution is 0.107. The van der Waals surface area contributed by atoms with Gasteiger partial charge in [0.05, 0.1) is 18.9 Å². The Morgan fingerprint density at radius 2 is 2.25 bits per heavy atom. The van der Waals surface area contributed by atoms with E-state index in [-0.39, 0.29) is 0 Å². The average Bonchev–Trinajstić information content (AvgIpc) is 2.04. The van der Waals surface area contributed by atoms with E-state index in [1.807, 2.05) is 6.92 Å². The first kappa shape index (κ1) is 7.95. The van der Waals surface area contributed by atoms with Crippen LogP contribution in [0, 0.1) is 6.92 Å². The van der Waals surface area contributed by atoms with Crippen molar-refractivity contribution in [3.05, 3.63) is 22.2 Å². The summed E-state index contributed by atoms with van der Waals surface area (Å²) in [6, 6.07) is 0. The molecule has 1 aliphatic heterocycles. The van der Waals surface area contributed by atoms with Gasteiger partial charge in [0.25, 0.3) is 0 Å². The van der Waals surface area contributed by atoms with E-state index in [2.05, 4.69) is 9.97 Å². The van der Waals surface area contributed by atoms with Crippen molar-refractivity contribution in [2.45, 2.75) is 20.0 Å². The summed E-state index contributed by atoms with van der Waals surface area (Å²) in [6.07, 6.45) is 0.901. The summed E-state index contributed by atoms with van der Waals surface area (Å²) in [5.74, 6) is 0. The van der Waals surface area contributed by atoms with Crippen molar-refractivity contribution in [1.29, 1.82) is 0 Å². The molecule has 0 N–H and O–H groups in total. The van der Waals surface area contributed by atoms with Crippen molar-refractivity contribution in [2.75, 3.05) is 6.61 Å². The van der Waals surface area contributed by atoms with Gasteiger partial charge in [-0.05, 0) is 30.5 Å². The zero-order chi connectivity index (χ0) is 8.55. The number of halogens is 1. The molecule has 1 aromatic heterocycles. The van der Waals surface area contributed by atoms with E-state index in [0.29, 0.717) is 11.9 Å². The highest BCUT2D eigenvalue weighted by atomic mass is 35.5. The van der Waals surface area contributed by atoms with Crippen LogP contribution in [0.4, 0.5) is 0 Å². The molecule has 0 unspecified atom stereocenters. The highest BCUT2D eigenvalue weighted by molar-refractivity contribution is 6.28. The number of aromatic nitrogens is 2. The molecule has 0 radical (unpaired) electrons. The Hall–Kier alpha value is -0.670. The van der Waals surface area contributed by atoms with Crippen molar-refractivity contribution in [1.82, 2.24) is 9.97 Å². The minimum atomic E-state index is 0.316. The Balaban J connectivity index is 2.53. The zero-order valence-corrected chi connectivity index (χ0v) is 7.56. The molecular weight excluding hydrogens is 176 g/mol. The molecular formula is C8H9ClN2O. The van der Waals surface area contributed by atoms with Crippen LogP contribution in [0.3, 0.4) is 0 Å². The Labute approximate surface area is 75.7 Å². The Kier molecular flexibility index (Phi) is 1.98. The van der Waals surface area contributed by atoms with E-state index in [9.17, 15) is 0 Å². The second-order valence-electron chi connectivity index (χ2n) is 2.81. The zero-order valence-electron chi connectivity index (χ0n) is 6.80. The Morgan fingerprint density at radius 3 is 3.08 bits per heavy atom. The number of fused-ring (bicyclic) bond motifs is 1. The lowest BCUT2D eigenvalue weighted by Gasteiger charge is -2.16. The van der Waals surface area contributed by atoms with Gasteiger partial charge in [-0.15, -0.1) is 0 Å². The second kappa shape index (κ2) is 2.99. The maximum Gasteiger partial charge on any atom is 0.222 e. The molecule has 1 aliphatic rings. The number of nitrogens with zero attached hydrogens (tertiary/aromatic N) is 2. The maximum atomic E-state index is 5.70. The van der Waals surface area contributed by atoms with Crippen LogP contribution in [0.1, 0.15) is 17.0 Å². The van der Waals surface area contributed by atoms with E-state index in [4.69, 9.17) is 16.3 Å². The van der Waals surface area contributed by atoms with Crippen molar-refractivity contribution in [3.63, 3.8) is 0 Å². The molecule has 0 amide bonds. The molecule has 12 heavy (non-hydrogen) atoms. The van der Waals surface area contributed by atoms with Gasteiger partial charge in [-0.25, -0.2) is 9.97 Å². The number of aryl methyl sites for hydroxylation is 1. The van der Waals surface area contributed by atoms with E-state index < -0.39 is 0 Å². The van der Waals surface area contributed by atoms with Crippen LogP contribution in [0.25, 0.3) is 0 Å². The fraction of sp³-hybridized carbons (Fsp3) is 0.500. The number of hydrogen-bond donors (Lipinski definition) is 0. The van der Waals surface area contributed by atoms with E-state index in [1.54, 1.807) is 0 Å². The Morgan fingerprint density at radius 1 is 1.42 bits per heavy atom. The number of ether oxygens (including phenoxy) is 1. The first-order valence-electron chi connectivity index (χ1n) is 3.87. The maximum absolute atomic E-state index is 5.70. The lowest BCUT2D eigenvalue weighted by Crippen LogP contribution is -2.14. The van der Waals surface area contributed by atoms with Crippen LogP contribution >= 0.6 is 11.6 Å². The van der Waals surface area contributed by atoms with Gasteiger partial charge in [-0.2, -0.15) is 0 Å². The molecule has 2 rings (SSSR count). The third-order valence-corrected chi connectivity index (χ3v) is 2.18. The van der Waals surface area contributed by atoms with Crippen LogP contribution in [-0.2, 0) is 17.8 Å². The summed E-state index contributed by atoms with van der Waals surface area (Å²) in [4.78, 5) is 8.19. The van der Waals surface area contributed by atoms with E-state index in [0.717, 1.165) is 24.4 Å². The molecule has 64 valence electrons. The molecule has 0 aromatic carbocycles. The second-order valence-corrected chi connectivity index (χ2v) is 3.14. The van der Waals surface area contributed by atoms with Crippen molar-refractivity contribution in [2.24, 2.45) is 0 Å². The molecule has 0 spiro atoms. The van der Waals surface area contributed by atoms with Crippen LogP contribution in [0.2, 0.25) is 5.28 Å². The van der Waals surface area contributed by atoms with Gasteiger partial charge in [0.15, 0.2) is 0 Å². The molecule has 3 nitrogen and oxygen atoms in total. The predicted octanol–water partition coefficient (Wildman–Crippen LogP) is 1.51. The summed E-state index contributed by atoms with van der Waals surface area (Å²) in [6.45, 7) is 3.29. The molecule has 0 saturated heterocycles. The van der Waals surface area contributed by atoms with Crippen molar-refractivity contribution >= 4 is 11.6 Å². The van der Waals surface area contributed by atoms with E-state index in [1.165, 1.54) is 5.56 Å². The van der Waals surface area contributed by atoms with Gasteiger partial charge in [0.1, 0.15) is 0 Å². The van der Waals surface area contributed by atoms with E-state index >= 15 is 0 Å². The average molecular weight is 185 g/mol. The molecule has 0 bridgehead atoms. The SMILES string of the molecule is Cc1nc(Cl)nc2c1CCOC2. The van der Waals surface area contributed by atoms with Crippen molar-refractivity contribution < 1.29 is 4.74 Å². The summed E-state index contributed by atoms with van der Waals surface area (Å²) >= 11 is 5.70. The minimum Gasteiger partial charge on any atom is -0.375 e. The summed E-state index contributed by atoms with van der Waals surface area (Å²) < 4.78 is 5.26. The molecule has 2 heterocycles. The fourth-order valence-corrected chi connectivity index (χ4v) is 1.63. The third-order valence-electron chi connectivity index (χ3n) is 2.01. The summed E-state index contributed by atoms with van der Waals surface area (Å²) in [5, 5.41) is 0.316. The number of hydrogen-bond acceptors (Lipinski definition) is 3. The fourth-order valence-electron chi connectivity index (χ4n) is 1.41. The van der Waals surface area contributed by atoms with Gasteiger partial charge < -0.3 is 4.74 Å². The highest BCUT2D eigenvalue weighted by Gasteiger charge is 2.14. The normalized spacial score (nSPS) is 15.8. The molecule has 1 aromatic rings. The van der Waals surface area contributed by atoms with Crippen molar-refractivity contribution in [3.8, 4) is 0 Å². The summed E-state index contributed by atoms with van der Waals surface area (Å²) in [7, 11) is 0. The lowest BCUT2D eigenvalue weighted by atomic mass is 10.1. The van der Waals surface area contributed by atoms with Crippen LogP contribution < -0.4 is 0 Å². The van der Waals surface area contributed by atoms with Gasteiger partial charge >= 0.3 is 0 Å². The summed E-state index contributed by atoms with van der Waals surface area (Å²) in [5.41, 5.74) is 3.12. The van der Waals surface area contributed by atoms with Crippen LogP contribution in [0.15, 0.2) is 0 Å². The largest absolute Gasteiger partial charge is 0.375 e. The topological polar surface area (TPSA) is 35.0 Å². The molecule has 0 aliphatic carbocycles. The predicted molar refractivity (Wildman–Crippen MR) is 45.1 cm³/mol. The third kappa shape index (κ3) is 1.30. The molecule has 0 fully saturated rings. The minimum absolute atomic E-state index is 0.316. The molecule has 0 saturated carbocycles. The van der Waals surface area contributed by atoms with Gasteiger partial charge in [-0.1, -0.05) is 0 Å².